The van der Waals surface area contributed by atoms with E-state index in [0.29, 0.717) is 11.0 Å². The highest BCUT2D eigenvalue weighted by Gasteiger charge is 2.29. The molecule has 1 saturated heterocycles. The van der Waals surface area contributed by atoms with Crippen LogP contribution in [0.25, 0.3) is 0 Å². The number of likely N-dealkylation sites (tertiary alicyclic amines) is 1. The molecule has 1 unspecified atom stereocenters. The second kappa shape index (κ2) is 5.14. The Morgan fingerprint density at radius 2 is 2.35 bits per heavy atom. The molecule has 17 heavy (non-hydrogen) atoms. The molecule has 1 atom stereocenters. The van der Waals surface area contributed by atoms with Gasteiger partial charge in [0, 0.05) is 11.0 Å². The largest absolute Gasteiger partial charge is 0.394 e. The van der Waals surface area contributed by atoms with Gasteiger partial charge in [0.25, 0.3) is 5.91 Å². The summed E-state index contributed by atoms with van der Waals surface area (Å²) in [7, 11) is 0. The van der Waals surface area contributed by atoms with Gasteiger partial charge in [0.05, 0.1) is 18.2 Å². The van der Waals surface area contributed by atoms with Crippen molar-refractivity contribution in [3.63, 3.8) is 0 Å². The highest BCUT2D eigenvalue weighted by molar-refractivity contribution is 9.10. The number of aliphatic hydroxyl groups excluding tert-OH is 1. The van der Waals surface area contributed by atoms with Gasteiger partial charge in [0.2, 0.25) is 0 Å². The number of benzene rings is 1. The molecule has 1 amide bonds. The average Bonchev–Trinajstić information content (AvgIpc) is 2.76. The number of amides is 1. The van der Waals surface area contributed by atoms with Crippen LogP contribution >= 0.6 is 15.9 Å². The van der Waals surface area contributed by atoms with E-state index < -0.39 is 5.82 Å². The van der Waals surface area contributed by atoms with Gasteiger partial charge in [0.1, 0.15) is 5.82 Å². The van der Waals surface area contributed by atoms with Crippen LogP contribution < -0.4 is 0 Å². The first-order chi connectivity index (χ1) is 8.13. The predicted molar refractivity (Wildman–Crippen MR) is 65.2 cm³/mol. The summed E-state index contributed by atoms with van der Waals surface area (Å²) < 4.78 is 14.2. The molecule has 0 radical (unpaired) electrons. The van der Waals surface area contributed by atoms with E-state index in [1.807, 2.05) is 0 Å². The van der Waals surface area contributed by atoms with E-state index in [1.54, 1.807) is 11.0 Å². The molecule has 0 spiro atoms. The molecule has 3 nitrogen and oxygen atoms in total. The number of hydrogen-bond acceptors (Lipinski definition) is 2. The van der Waals surface area contributed by atoms with Gasteiger partial charge in [-0.2, -0.15) is 0 Å². The zero-order chi connectivity index (χ0) is 12.4. The van der Waals surface area contributed by atoms with E-state index >= 15 is 0 Å². The van der Waals surface area contributed by atoms with Crippen LogP contribution in [0.15, 0.2) is 22.7 Å². The van der Waals surface area contributed by atoms with Crippen LogP contribution in [-0.2, 0) is 0 Å². The van der Waals surface area contributed by atoms with Crippen LogP contribution in [-0.4, -0.2) is 35.1 Å². The fraction of sp³-hybridized carbons (Fsp3) is 0.417. The number of carbonyl (C=O) groups is 1. The number of carbonyl (C=O) groups excluding carboxylic acids is 1. The molecule has 1 aliphatic rings. The number of nitrogens with zero attached hydrogens (tertiary/aromatic N) is 1. The summed E-state index contributed by atoms with van der Waals surface area (Å²) in [6, 6.07) is 4.21. The highest BCUT2D eigenvalue weighted by Crippen LogP contribution is 2.22. The van der Waals surface area contributed by atoms with E-state index in [4.69, 9.17) is 5.11 Å². The average molecular weight is 302 g/mol. The van der Waals surface area contributed by atoms with Crippen molar-refractivity contribution in [2.24, 2.45) is 0 Å². The highest BCUT2D eigenvalue weighted by atomic mass is 79.9. The Balaban J connectivity index is 2.24. The molecule has 0 saturated carbocycles. The molecule has 1 fully saturated rings. The maximum atomic E-state index is 13.6. The van der Waals surface area contributed by atoms with Gasteiger partial charge < -0.3 is 10.0 Å². The Kier molecular flexibility index (Phi) is 3.79. The summed E-state index contributed by atoms with van der Waals surface area (Å²) in [6.45, 7) is 0.517. The minimum Gasteiger partial charge on any atom is -0.394 e. The Morgan fingerprint density at radius 3 is 3.00 bits per heavy atom. The van der Waals surface area contributed by atoms with E-state index in [1.165, 1.54) is 12.1 Å². The lowest BCUT2D eigenvalue weighted by Gasteiger charge is -2.23. The molecule has 1 aromatic rings. The monoisotopic (exact) mass is 301 g/mol. The molecule has 0 aliphatic carbocycles. The third kappa shape index (κ3) is 2.50. The summed E-state index contributed by atoms with van der Waals surface area (Å²) in [5.41, 5.74) is 0.0635. The summed E-state index contributed by atoms with van der Waals surface area (Å²) in [5.74, 6) is -0.875. The molecule has 92 valence electrons. The summed E-state index contributed by atoms with van der Waals surface area (Å²) >= 11 is 3.15. The van der Waals surface area contributed by atoms with E-state index in [-0.39, 0.29) is 24.1 Å². The second-order valence-electron chi connectivity index (χ2n) is 4.10. The predicted octanol–water partition coefficient (Wildman–Crippen LogP) is 2.19. The van der Waals surface area contributed by atoms with Crippen LogP contribution in [0, 0.1) is 5.82 Å². The first-order valence-electron chi connectivity index (χ1n) is 5.50. The van der Waals surface area contributed by atoms with Gasteiger partial charge in [-0.3, -0.25) is 4.79 Å². The molecule has 1 aliphatic heterocycles. The normalized spacial score (nSPS) is 19.7. The van der Waals surface area contributed by atoms with Crippen molar-refractivity contribution in [1.29, 1.82) is 0 Å². The van der Waals surface area contributed by atoms with Gasteiger partial charge in [-0.05, 0) is 31.0 Å². The zero-order valence-electron chi connectivity index (χ0n) is 9.20. The fourth-order valence-electron chi connectivity index (χ4n) is 2.11. The van der Waals surface area contributed by atoms with Crippen molar-refractivity contribution in [3.8, 4) is 0 Å². The van der Waals surface area contributed by atoms with Gasteiger partial charge in [-0.1, -0.05) is 15.9 Å². The lowest BCUT2D eigenvalue weighted by Crippen LogP contribution is -2.38. The number of aliphatic hydroxyl groups is 1. The lowest BCUT2D eigenvalue weighted by atomic mass is 10.1. The van der Waals surface area contributed by atoms with Gasteiger partial charge >= 0.3 is 0 Å². The van der Waals surface area contributed by atoms with Gasteiger partial charge in [0.15, 0.2) is 0 Å². The summed E-state index contributed by atoms with van der Waals surface area (Å²) in [6.07, 6.45) is 1.63. The molecule has 0 aromatic heterocycles. The second-order valence-corrected chi connectivity index (χ2v) is 5.02. The quantitative estimate of drug-likeness (QED) is 0.910. The van der Waals surface area contributed by atoms with Crippen LogP contribution in [0.2, 0.25) is 0 Å². The van der Waals surface area contributed by atoms with Crippen LogP contribution in [0.3, 0.4) is 0 Å². The smallest absolute Gasteiger partial charge is 0.257 e. The van der Waals surface area contributed by atoms with Gasteiger partial charge in [-0.25, -0.2) is 4.39 Å². The summed E-state index contributed by atoms with van der Waals surface area (Å²) in [4.78, 5) is 13.7. The van der Waals surface area contributed by atoms with Crippen molar-refractivity contribution in [2.75, 3.05) is 13.2 Å². The van der Waals surface area contributed by atoms with E-state index in [0.717, 1.165) is 12.8 Å². The Morgan fingerprint density at radius 1 is 1.59 bits per heavy atom. The minimum atomic E-state index is -0.534. The molecule has 2 rings (SSSR count). The number of halogens is 2. The molecular formula is C12H13BrFNO2. The van der Waals surface area contributed by atoms with Crippen LogP contribution in [0.4, 0.5) is 4.39 Å². The fourth-order valence-corrected chi connectivity index (χ4v) is 2.44. The number of hydrogen-bond donors (Lipinski definition) is 1. The van der Waals surface area contributed by atoms with Crippen molar-refractivity contribution >= 4 is 21.8 Å². The van der Waals surface area contributed by atoms with Crippen molar-refractivity contribution < 1.29 is 14.3 Å². The Labute approximate surface area is 107 Å². The maximum Gasteiger partial charge on any atom is 0.257 e. The first kappa shape index (κ1) is 12.5. The Bertz CT molecular complexity index is 439. The maximum absolute atomic E-state index is 13.6. The molecule has 1 heterocycles. The molecule has 1 aromatic carbocycles. The topological polar surface area (TPSA) is 40.5 Å². The molecule has 1 N–H and O–H groups in total. The van der Waals surface area contributed by atoms with Crippen LogP contribution in [0.5, 0.6) is 0 Å². The van der Waals surface area contributed by atoms with Gasteiger partial charge in [-0.15, -0.1) is 0 Å². The molecule has 0 bridgehead atoms. The molecular weight excluding hydrogens is 289 g/mol. The molecule has 5 heteroatoms. The van der Waals surface area contributed by atoms with Crippen molar-refractivity contribution in [2.45, 2.75) is 18.9 Å². The van der Waals surface area contributed by atoms with E-state index in [2.05, 4.69) is 15.9 Å². The standard InChI is InChI=1S/C12H13BrFNO2/c13-8-3-4-10(11(14)6-8)12(17)15-5-1-2-9(15)7-16/h3-4,6,9,16H,1-2,5,7H2. The lowest BCUT2D eigenvalue weighted by molar-refractivity contribution is 0.0673. The minimum absolute atomic E-state index is 0.0635. The van der Waals surface area contributed by atoms with E-state index in [9.17, 15) is 9.18 Å². The third-order valence-electron chi connectivity index (χ3n) is 3.01. The third-order valence-corrected chi connectivity index (χ3v) is 3.50. The van der Waals surface area contributed by atoms with Crippen molar-refractivity contribution in [1.82, 2.24) is 4.90 Å². The zero-order valence-corrected chi connectivity index (χ0v) is 10.8. The summed E-state index contributed by atoms with van der Waals surface area (Å²) in [5, 5.41) is 9.15. The first-order valence-corrected chi connectivity index (χ1v) is 6.29. The number of rotatable bonds is 2. The van der Waals surface area contributed by atoms with Crippen molar-refractivity contribution in [3.05, 3.63) is 34.1 Å². The SMILES string of the molecule is O=C(c1ccc(Br)cc1F)N1CCCC1CO. The van der Waals surface area contributed by atoms with Crippen LogP contribution in [0.1, 0.15) is 23.2 Å². The Hall–Kier alpha value is -0.940.